The molecule has 1 aromatic heterocycles. The van der Waals surface area contributed by atoms with Gasteiger partial charge in [0, 0.05) is 28.3 Å². The molecule has 0 saturated heterocycles. The van der Waals surface area contributed by atoms with Gasteiger partial charge in [-0.15, -0.1) is 0 Å². The first kappa shape index (κ1) is 16.0. The number of nitrogens with zero attached hydrogens (tertiary/aromatic N) is 1. The van der Waals surface area contributed by atoms with Gasteiger partial charge in [-0.1, -0.05) is 29.8 Å². The fourth-order valence-electron chi connectivity index (χ4n) is 2.23. The Morgan fingerprint density at radius 3 is 2.50 bits per heavy atom. The standard InChI is InChI=1S/C19H16ClN3O/c1-13-4-2-3-5-17(13)22-16-10-11-21-18(12-16)19(24)23-15-8-6-14(20)7-9-15/h2-12H,1H3,(H,21,22)(H,23,24). The number of anilines is 3. The lowest BCUT2D eigenvalue weighted by Gasteiger charge is -2.10. The van der Waals surface area contributed by atoms with Crippen molar-refractivity contribution in [3.8, 4) is 0 Å². The minimum atomic E-state index is -0.272. The Morgan fingerprint density at radius 2 is 1.75 bits per heavy atom. The van der Waals surface area contributed by atoms with E-state index >= 15 is 0 Å². The summed E-state index contributed by atoms with van der Waals surface area (Å²) in [6.07, 6.45) is 1.61. The molecule has 2 aromatic carbocycles. The molecule has 0 radical (unpaired) electrons. The van der Waals surface area contributed by atoms with Crippen molar-refractivity contribution >= 4 is 34.6 Å². The number of aromatic nitrogens is 1. The number of benzene rings is 2. The summed E-state index contributed by atoms with van der Waals surface area (Å²) in [6.45, 7) is 2.03. The van der Waals surface area contributed by atoms with Crippen LogP contribution in [0.4, 0.5) is 17.1 Å². The van der Waals surface area contributed by atoms with E-state index in [0.717, 1.165) is 16.9 Å². The van der Waals surface area contributed by atoms with Gasteiger partial charge < -0.3 is 10.6 Å². The molecule has 24 heavy (non-hydrogen) atoms. The second-order valence-corrected chi connectivity index (χ2v) is 5.77. The predicted molar refractivity (Wildman–Crippen MR) is 98.1 cm³/mol. The van der Waals surface area contributed by atoms with Gasteiger partial charge in [-0.2, -0.15) is 0 Å². The number of para-hydroxylation sites is 1. The van der Waals surface area contributed by atoms with Crippen molar-refractivity contribution < 1.29 is 4.79 Å². The van der Waals surface area contributed by atoms with Gasteiger partial charge in [0.15, 0.2) is 0 Å². The summed E-state index contributed by atoms with van der Waals surface area (Å²) in [7, 11) is 0. The average Bonchev–Trinajstić information content (AvgIpc) is 2.59. The lowest BCUT2D eigenvalue weighted by atomic mass is 10.2. The number of carbonyl (C=O) groups is 1. The number of amides is 1. The monoisotopic (exact) mass is 337 g/mol. The molecule has 1 amide bonds. The zero-order valence-electron chi connectivity index (χ0n) is 13.1. The highest BCUT2D eigenvalue weighted by Gasteiger charge is 2.09. The quantitative estimate of drug-likeness (QED) is 0.701. The van der Waals surface area contributed by atoms with E-state index < -0.39 is 0 Å². The number of halogens is 1. The Morgan fingerprint density at radius 1 is 1.00 bits per heavy atom. The van der Waals surface area contributed by atoms with Crippen LogP contribution in [-0.2, 0) is 0 Å². The molecule has 0 saturated carbocycles. The molecule has 3 rings (SSSR count). The van der Waals surface area contributed by atoms with E-state index in [1.165, 1.54) is 0 Å². The van der Waals surface area contributed by atoms with E-state index in [9.17, 15) is 4.79 Å². The normalized spacial score (nSPS) is 10.2. The van der Waals surface area contributed by atoms with Gasteiger partial charge in [-0.25, -0.2) is 0 Å². The molecule has 120 valence electrons. The minimum Gasteiger partial charge on any atom is -0.355 e. The number of nitrogens with one attached hydrogen (secondary N) is 2. The number of carbonyl (C=O) groups excluding carboxylic acids is 1. The van der Waals surface area contributed by atoms with E-state index in [2.05, 4.69) is 15.6 Å². The second-order valence-electron chi connectivity index (χ2n) is 5.33. The van der Waals surface area contributed by atoms with E-state index in [1.54, 1.807) is 36.5 Å². The fourth-order valence-corrected chi connectivity index (χ4v) is 2.36. The number of pyridine rings is 1. The van der Waals surface area contributed by atoms with Crippen molar-refractivity contribution in [2.45, 2.75) is 6.92 Å². The van der Waals surface area contributed by atoms with Crippen LogP contribution >= 0.6 is 11.6 Å². The van der Waals surface area contributed by atoms with Crippen molar-refractivity contribution in [1.82, 2.24) is 4.98 Å². The Balaban J connectivity index is 1.76. The second kappa shape index (κ2) is 7.15. The zero-order chi connectivity index (χ0) is 16.9. The largest absolute Gasteiger partial charge is 0.355 e. The third kappa shape index (κ3) is 3.91. The Bertz CT molecular complexity index is 862. The highest BCUT2D eigenvalue weighted by Crippen LogP contribution is 2.20. The molecule has 0 aliphatic carbocycles. The van der Waals surface area contributed by atoms with Crippen LogP contribution in [0.25, 0.3) is 0 Å². The highest BCUT2D eigenvalue weighted by atomic mass is 35.5. The van der Waals surface area contributed by atoms with Crippen molar-refractivity contribution in [3.63, 3.8) is 0 Å². The highest BCUT2D eigenvalue weighted by molar-refractivity contribution is 6.30. The molecule has 0 unspecified atom stereocenters. The van der Waals surface area contributed by atoms with Crippen LogP contribution in [0, 0.1) is 6.92 Å². The van der Waals surface area contributed by atoms with Crippen molar-refractivity contribution in [2.24, 2.45) is 0 Å². The Kier molecular flexibility index (Phi) is 4.77. The summed E-state index contributed by atoms with van der Waals surface area (Å²) in [6, 6.07) is 18.4. The third-order valence-corrected chi connectivity index (χ3v) is 3.77. The van der Waals surface area contributed by atoms with Crippen LogP contribution in [0.5, 0.6) is 0 Å². The molecule has 0 fully saturated rings. The van der Waals surface area contributed by atoms with Crippen LogP contribution in [0.1, 0.15) is 16.1 Å². The molecule has 0 atom stereocenters. The molecule has 0 bridgehead atoms. The van der Waals surface area contributed by atoms with Gasteiger partial charge in [0.25, 0.3) is 5.91 Å². The number of hydrogen-bond donors (Lipinski definition) is 2. The molecule has 5 heteroatoms. The topological polar surface area (TPSA) is 54.0 Å². The zero-order valence-corrected chi connectivity index (χ0v) is 13.8. The molecule has 2 N–H and O–H groups in total. The van der Waals surface area contributed by atoms with Gasteiger partial charge in [0.2, 0.25) is 0 Å². The van der Waals surface area contributed by atoms with E-state index in [-0.39, 0.29) is 5.91 Å². The van der Waals surface area contributed by atoms with Crippen LogP contribution < -0.4 is 10.6 Å². The van der Waals surface area contributed by atoms with Crippen LogP contribution in [0.3, 0.4) is 0 Å². The summed E-state index contributed by atoms with van der Waals surface area (Å²) in [5.41, 5.74) is 3.93. The van der Waals surface area contributed by atoms with Crippen LogP contribution in [-0.4, -0.2) is 10.9 Å². The summed E-state index contributed by atoms with van der Waals surface area (Å²) >= 11 is 5.84. The van der Waals surface area contributed by atoms with Gasteiger partial charge in [-0.05, 0) is 55.0 Å². The van der Waals surface area contributed by atoms with Crippen molar-refractivity contribution in [2.75, 3.05) is 10.6 Å². The third-order valence-electron chi connectivity index (χ3n) is 3.52. The molecular formula is C19H16ClN3O. The van der Waals surface area contributed by atoms with Gasteiger partial charge in [0.1, 0.15) is 5.69 Å². The summed E-state index contributed by atoms with van der Waals surface area (Å²) < 4.78 is 0. The molecule has 4 nitrogen and oxygen atoms in total. The number of aryl methyl sites for hydroxylation is 1. The molecule has 3 aromatic rings. The first-order valence-corrected chi connectivity index (χ1v) is 7.85. The van der Waals surface area contributed by atoms with Crippen LogP contribution in [0.2, 0.25) is 5.02 Å². The fraction of sp³-hybridized carbons (Fsp3) is 0.0526. The molecular weight excluding hydrogens is 322 g/mol. The molecule has 0 spiro atoms. The lowest BCUT2D eigenvalue weighted by molar-refractivity contribution is 0.102. The lowest BCUT2D eigenvalue weighted by Crippen LogP contribution is -2.13. The van der Waals surface area contributed by atoms with E-state index in [0.29, 0.717) is 16.4 Å². The molecule has 1 heterocycles. The summed E-state index contributed by atoms with van der Waals surface area (Å²) in [5, 5.41) is 6.72. The van der Waals surface area contributed by atoms with Crippen molar-refractivity contribution in [1.29, 1.82) is 0 Å². The first-order chi connectivity index (χ1) is 11.6. The summed E-state index contributed by atoms with van der Waals surface area (Å²) in [4.78, 5) is 16.5. The van der Waals surface area contributed by atoms with Crippen LogP contribution in [0.15, 0.2) is 66.9 Å². The molecule has 0 aliphatic heterocycles. The van der Waals surface area contributed by atoms with E-state index in [1.807, 2.05) is 37.3 Å². The minimum absolute atomic E-state index is 0.272. The molecule has 0 aliphatic rings. The summed E-state index contributed by atoms with van der Waals surface area (Å²) in [5.74, 6) is -0.272. The number of hydrogen-bond acceptors (Lipinski definition) is 3. The number of rotatable bonds is 4. The predicted octanol–water partition coefficient (Wildman–Crippen LogP) is 5.04. The maximum absolute atomic E-state index is 12.3. The SMILES string of the molecule is Cc1ccccc1Nc1ccnc(C(=O)Nc2ccc(Cl)cc2)c1. The Hall–Kier alpha value is -2.85. The van der Waals surface area contributed by atoms with Crippen molar-refractivity contribution in [3.05, 3.63) is 83.1 Å². The average molecular weight is 338 g/mol. The maximum atomic E-state index is 12.3. The smallest absolute Gasteiger partial charge is 0.274 e. The maximum Gasteiger partial charge on any atom is 0.274 e. The van der Waals surface area contributed by atoms with E-state index in [4.69, 9.17) is 11.6 Å². The van der Waals surface area contributed by atoms with Gasteiger partial charge in [0.05, 0.1) is 0 Å². The van der Waals surface area contributed by atoms with Gasteiger partial charge in [-0.3, -0.25) is 9.78 Å². The Labute approximate surface area is 145 Å². The first-order valence-electron chi connectivity index (χ1n) is 7.47. The van der Waals surface area contributed by atoms with Gasteiger partial charge >= 0.3 is 0 Å².